The fraction of sp³-hybridized carbons (Fsp3) is 0.524. The van der Waals surface area contributed by atoms with Gasteiger partial charge in [-0.1, -0.05) is 0 Å². The maximum Gasteiger partial charge on any atom is 0.255 e. The lowest BCUT2D eigenvalue weighted by Crippen LogP contribution is -2.38. The molecule has 0 spiro atoms. The van der Waals surface area contributed by atoms with Gasteiger partial charge in [0.05, 0.1) is 24.2 Å². The topological polar surface area (TPSA) is 115 Å². The highest BCUT2D eigenvalue weighted by molar-refractivity contribution is 6.08. The van der Waals surface area contributed by atoms with Gasteiger partial charge in [0.2, 0.25) is 5.91 Å². The summed E-state index contributed by atoms with van der Waals surface area (Å²) in [6.07, 6.45) is 4.77. The van der Waals surface area contributed by atoms with E-state index in [4.69, 9.17) is 14.9 Å². The van der Waals surface area contributed by atoms with Crippen LogP contribution in [-0.4, -0.2) is 36.2 Å². The number of benzene rings is 1. The molecule has 2 atom stereocenters. The molecule has 2 unspecified atom stereocenters. The highest BCUT2D eigenvalue weighted by Gasteiger charge is 2.59. The van der Waals surface area contributed by atoms with Crippen LogP contribution >= 0.6 is 0 Å². The van der Waals surface area contributed by atoms with Crippen LogP contribution in [0.5, 0.6) is 5.75 Å². The van der Waals surface area contributed by atoms with E-state index in [1.165, 1.54) is 12.8 Å². The summed E-state index contributed by atoms with van der Waals surface area (Å²) in [6.45, 7) is 0.328. The molecule has 3 aliphatic carbocycles. The fourth-order valence-corrected chi connectivity index (χ4v) is 3.80. The van der Waals surface area contributed by atoms with Crippen LogP contribution in [0.25, 0.3) is 11.0 Å². The van der Waals surface area contributed by atoms with Gasteiger partial charge in [0, 0.05) is 17.3 Å². The highest BCUT2D eigenvalue weighted by atomic mass is 16.5. The van der Waals surface area contributed by atoms with Gasteiger partial charge in [0.25, 0.3) is 5.91 Å². The normalized spacial score (nSPS) is 26.2. The molecule has 0 saturated heterocycles. The number of hydrogen-bond acceptors (Lipinski definition) is 5. The third kappa shape index (κ3) is 2.94. The van der Waals surface area contributed by atoms with Gasteiger partial charge in [0.15, 0.2) is 0 Å². The smallest absolute Gasteiger partial charge is 0.255 e. The predicted octanol–water partition coefficient (Wildman–Crippen LogP) is 2.07. The predicted molar refractivity (Wildman–Crippen MR) is 101 cm³/mol. The van der Waals surface area contributed by atoms with Crippen molar-refractivity contribution < 1.29 is 23.8 Å². The molecule has 2 amide bonds. The summed E-state index contributed by atoms with van der Waals surface area (Å²) in [4.78, 5) is 24.7. The number of aliphatic hydroxyl groups is 1. The molecule has 3 fully saturated rings. The van der Waals surface area contributed by atoms with Gasteiger partial charge >= 0.3 is 0 Å². The minimum atomic E-state index is -1.05. The number of carbonyl (C=O) groups is 2. The number of hydrogen-bond donors (Lipinski definition) is 3. The van der Waals surface area contributed by atoms with Crippen molar-refractivity contribution in [3.8, 4) is 5.75 Å². The monoisotopic (exact) mass is 384 g/mol. The maximum absolute atomic E-state index is 13.1. The second-order valence-electron chi connectivity index (χ2n) is 8.44. The SMILES string of the molecule is NC(=O)C1(CO)CC1NC(=O)c1c(C2CC2)oc2ccc(OCC3CC3)cc12. The standard InChI is InChI=1S/C21H24N2O5/c22-20(26)21(10-24)8-16(21)23-19(25)17-14-7-13(27-9-11-1-2-11)5-6-15(14)28-18(17)12-3-4-12/h5-7,11-12,16,24H,1-4,8-10H2,(H2,22,26)(H,23,25). The Balaban J connectivity index is 1.44. The van der Waals surface area contributed by atoms with Crippen LogP contribution in [0.15, 0.2) is 22.6 Å². The minimum absolute atomic E-state index is 0.252. The first-order valence-electron chi connectivity index (χ1n) is 9.92. The minimum Gasteiger partial charge on any atom is -0.493 e. The maximum atomic E-state index is 13.1. The summed E-state index contributed by atoms with van der Waals surface area (Å²) >= 11 is 0. The number of nitrogens with one attached hydrogen (secondary N) is 1. The van der Waals surface area contributed by atoms with E-state index in [0.717, 1.165) is 24.0 Å². The number of fused-ring (bicyclic) bond motifs is 1. The summed E-state index contributed by atoms with van der Waals surface area (Å²) in [6, 6.07) is 5.13. The van der Waals surface area contributed by atoms with E-state index >= 15 is 0 Å². The van der Waals surface area contributed by atoms with Crippen molar-refractivity contribution in [3.05, 3.63) is 29.5 Å². The second kappa shape index (κ2) is 6.24. The van der Waals surface area contributed by atoms with Gasteiger partial charge in [-0.2, -0.15) is 0 Å². The number of carbonyl (C=O) groups excluding carboxylic acids is 2. The van der Waals surface area contributed by atoms with E-state index in [2.05, 4.69) is 5.32 Å². The van der Waals surface area contributed by atoms with E-state index in [-0.39, 0.29) is 18.4 Å². The van der Waals surface area contributed by atoms with E-state index < -0.39 is 17.4 Å². The van der Waals surface area contributed by atoms with Crippen molar-refractivity contribution in [3.63, 3.8) is 0 Å². The highest BCUT2D eigenvalue weighted by Crippen LogP contribution is 2.48. The number of nitrogens with two attached hydrogens (primary N) is 1. The fourth-order valence-electron chi connectivity index (χ4n) is 3.80. The third-order valence-corrected chi connectivity index (χ3v) is 6.20. The number of ether oxygens (including phenoxy) is 1. The van der Waals surface area contributed by atoms with Crippen LogP contribution in [0.2, 0.25) is 0 Å². The second-order valence-corrected chi connectivity index (χ2v) is 8.44. The average Bonchev–Trinajstić information content (AvgIpc) is 3.55. The first-order chi connectivity index (χ1) is 13.5. The van der Waals surface area contributed by atoms with Crippen molar-refractivity contribution in [2.75, 3.05) is 13.2 Å². The third-order valence-electron chi connectivity index (χ3n) is 6.20. The molecule has 148 valence electrons. The van der Waals surface area contributed by atoms with Gasteiger partial charge in [-0.3, -0.25) is 9.59 Å². The van der Waals surface area contributed by atoms with Gasteiger partial charge in [-0.05, 0) is 56.2 Å². The Morgan fingerprint density at radius 2 is 2.07 bits per heavy atom. The Morgan fingerprint density at radius 1 is 1.29 bits per heavy atom. The Hall–Kier alpha value is -2.54. The van der Waals surface area contributed by atoms with Gasteiger partial charge < -0.3 is 25.3 Å². The molecule has 3 aliphatic rings. The zero-order valence-electron chi connectivity index (χ0n) is 15.6. The van der Waals surface area contributed by atoms with E-state index in [9.17, 15) is 14.7 Å². The summed E-state index contributed by atoms with van der Waals surface area (Å²) in [7, 11) is 0. The summed E-state index contributed by atoms with van der Waals surface area (Å²) in [5, 5.41) is 13.1. The lowest BCUT2D eigenvalue weighted by Gasteiger charge is -2.11. The molecular formula is C21H24N2O5. The average molecular weight is 384 g/mol. The molecule has 2 aromatic rings. The van der Waals surface area contributed by atoms with Crippen LogP contribution in [0.4, 0.5) is 0 Å². The van der Waals surface area contributed by atoms with E-state index in [0.29, 0.717) is 35.9 Å². The lowest BCUT2D eigenvalue weighted by atomic mass is 10.1. The summed E-state index contributed by atoms with van der Waals surface area (Å²) < 4.78 is 11.9. The first-order valence-corrected chi connectivity index (χ1v) is 9.92. The number of furan rings is 1. The Kier molecular flexibility index (Phi) is 3.91. The zero-order chi connectivity index (χ0) is 19.5. The molecule has 1 aromatic heterocycles. The number of primary amides is 1. The Labute approximate surface area is 162 Å². The molecule has 0 bridgehead atoms. The van der Waals surface area contributed by atoms with Crippen LogP contribution in [-0.2, 0) is 4.79 Å². The lowest BCUT2D eigenvalue weighted by molar-refractivity contribution is -0.124. The van der Waals surface area contributed by atoms with Gasteiger partial charge in [-0.25, -0.2) is 0 Å². The van der Waals surface area contributed by atoms with Crippen LogP contribution < -0.4 is 15.8 Å². The summed E-state index contributed by atoms with van der Waals surface area (Å²) in [5.74, 6) is 1.44. The molecule has 0 aliphatic heterocycles. The quantitative estimate of drug-likeness (QED) is 0.644. The van der Waals surface area contributed by atoms with E-state index in [1.54, 1.807) is 0 Å². The van der Waals surface area contributed by atoms with Gasteiger partial charge in [0.1, 0.15) is 17.1 Å². The van der Waals surface area contributed by atoms with Crippen molar-refractivity contribution in [2.45, 2.75) is 44.1 Å². The van der Waals surface area contributed by atoms with Crippen molar-refractivity contribution in [1.29, 1.82) is 0 Å². The van der Waals surface area contributed by atoms with Crippen molar-refractivity contribution in [2.24, 2.45) is 17.1 Å². The summed E-state index contributed by atoms with van der Waals surface area (Å²) in [5.41, 5.74) is 5.52. The Morgan fingerprint density at radius 3 is 2.68 bits per heavy atom. The molecular weight excluding hydrogens is 360 g/mol. The van der Waals surface area contributed by atoms with Crippen LogP contribution in [0, 0.1) is 11.3 Å². The largest absolute Gasteiger partial charge is 0.493 e. The van der Waals surface area contributed by atoms with Crippen molar-refractivity contribution in [1.82, 2.24) is 5.32 Å². The molecule has 28 heavy (non-hydrogen) atoms. The van der Waals surface area contributed by atoms with Crippen LogP contribution in [0.1, 0.15) is 54.1 Å². The molecule has 7 heteroatoms. The van der Waals surface area contributed by atoms with Gasteiger partial charge in [-0.15, -0.1) is 0 Å². The molecule has 3 saturated carbocycles. The molecule has 0 radical (unpaired) electrons. The molecule has 1 aromatic carbocycles. The Bertz CT molecular complexity index is 959. The number of rotatable bonds is 8. The van der Waals surface area contributed by atoms with E-state index in [1.807, 2.05) is 18.2 Å². The molecule has 7 nitrogen and oxygen atoms in total. The zero-order valence-corrected chi connectivity index (χ0v) is 15.6. The van der Waals surface area contributed by atoms with Crippen molar-refractivity contribution >= 4 is 22.8 Å². The first kappa shape index (κ1) is 17.6. The molecule has 5 rings (SSSR count). The number of amides is 2. The van der Waals surface area contributed by atoms with Crippen LogP contribution in [0.3, 0.4) is 0 Å². The molecule has 1 heterocycles. The number of aliphatic hydroxyl groups excluding tert-OH is 1. The molecule has 4 N–H and O–H groups in total.